The third-order valence-electron chi connectivity index (χ3n) is 4.69. The maximum absolute atomic E-state index is 13.2. The lowest BCUT2D eigenvalue weighted by molar-refractivity contribution is 0.414. The molecule has 0 atom stereocenters. The highest BCUT2D eigenvalue weighted by molar-refractivity contribution is 7.93. The molecule has 0 radical (unpaired) electrons. The topological polar surface area (TPSA) is 110 Å². The van der Waals surface area contributed by atoms with Crippen LogP contribution in [-0.2, 0) is 19.9 Å². The number of sulfone groups is 1. The first-order valence-electron chi connectivity index (χ1n) is 8.98. The summed E-state index contributed by atoms with van der Waals surface area (Å²) in [5, 5.41) is 10.8. The number of phenols is 1. The number of sulfonamides is 1. The molecule has 7 nitrogen and oxygen atoms in total. The molecular formula is C21H20ClNO6S2. The number of aromatic hydroxyl groups is 1. The van der Waals surface area contributed by atoms with E-state index in [2.05, 4.69) is 4.72 Å². The maximum Gasteiger partial charge on any atom is 0.261 e. The number of rotatable bonds is 6. The Morgan fingerprint density at radius 3 is 2.00 bits per heavy atom. The van der Waals surface area contributed by atoms with Gasteiger partial charge in [-0.2, -0.15) is 0 Å². The van der Waals surface area contributed by atoms with E-state index in [1.165, 1.54) is 68.6 Å². The quantitative estimate of drug-likeness (QED) is 0.508. The highest BCUT2D eigenvalue weighted by atomic mass is 35.5. The molecule has 3 aromatic carbocycles. The average molecular weight is 482 g/mol. The van der Waals surface area contributed by atoms with Gasteiger partial charge in [-0.15, -0.1) is 0 Å². The predicted molar refractivity (Wildman–Crippen MR) is 118 cm³/mol. The lowest BCUT2D eigenvalue weighted by Gasteiger charge is -2.18. The van der Waals surface area contributed by atoms with Crippen molar-refractivity contribution in [3.63, 3.8) is 0 Å². The second-order valence-corrected chi connectivity index (χ2v) is 10.8. The number of phenolic OH excluding ortho intramolecular Hbond substituents is 1. The Labute approximate surface area is 186 Å². The number of methoxy groups -OCH3 is 1. The lowest BCUT2D eigenvalue weighted by Crippen LogP contribution is -2.16. The van der Waals surface area contributed by atoms with Crippen molar-refractivity contribution >= 4 is 37.1 Å². The minimum absolute atomic E-state index is 0.0386. The summed E-state index contributed by atoms with van der Waals surface area (Å²) < 4.78 is 59.6. The molecule has 0 bridgehead atoms. The van der Waals surface area contributed by atoms with Crippen LogP contribution in [0.4, 0.5) is 5.69 Å². The van der Waals surface area contributed by atoms with E-state index in [-0.39, 0.29) is 25.9 Å². The smallest absolute Gasteiger partial charge is 0.261 e. The maximum atomic E-state index is 13.2. The van der Waals surface area contributed by atoms with Crippen LogP contribution in [0.2, 0.25) is 5.02 Å². The Hall–Kier alpha value is -2.75. The normalized spacial score (nSPS) is 11.9. The largest absolute Gasteiger partial charge is 0.507 e. The number of ether oxygens (including phenoxy) is 1. The summed E-state index contributed by atoms with van der Waals surface area (Å²) in [5.41, 5.74) is 0.506. The third kappa shape index (κ3) is 4.48. The zero-order valence-electron chi connectivity index (χ0n) is 16.9. The highest BCUT2D eigenvalue weighted by Crippen LogP contribution is 2.38. The number of hydrogen-bond acceptors (Lipinski definition) is 6. The second-order valence-electron chi connectivity index (χ2n) is 6.78. The van der Waals surface area contributed by atoms with E-state index in [0.717, 1.165) is 0 Å². The van der Waals surface area contributed by atoms with Gasteiger partial charge in [-0.3, -0.25) is 4.72 Å². The van der Waals surface area contributed by atoms with Gasteiger partial charge < -0.3 is 9.84 Å². The SMILES string of the molecule is COc1ccc(S(=O)(=O)c2c(O)cc(C)c(NS(=O)(=O)c3ccc(Cl)cc3)c2C)cc1. The number of anilines is 1. The Morgan fingerprint density at radius 1 is 0.903 bits per heavy atom. The molecule has 164 valence electrons. The molecule has 3 rings (SSSR count). The van der Waals surface area contributed by atoms with Gasteiger partial charge in [-0.1, -0.05) is 11.6 Å². The van der Waals surface area contributed by atoms with E-state index in [0.29, 0.717) is 16.3 Å². The third-order valence-corrected chi connectivity index (χ3v) is 8.26. The van der Waals surface area contributed by atoms with Crippen molar-refractivity contribution in [2.75, 3.05) is 11.8 Å². The van der Waals surface area contributed by atoms with E-state index in [9.17, 15) is 21.9 Å². The van der Waals surface area contributed by atoms with E-state index in [1.807, 2.05) is 0 Å². The number of aryl methyl sites for hydroxylation is 1. The van der Waals surface area contributed by atoms with Gasteiger partial charge in [0, 0.05) is 5.02 Å². The molecule has 0 heterocycles. The van der Waals surface area contributed by atoms with E-state index in [1.54, 1.807) is 6.92 Å². The van der Waals surface area contributed by atoms with Crippen LogP contribution in [-0.4, -0.2) is 29.1 Å². The molecule has 31 heavy (non-hydrogen) atoms. The van der Waals surface area contributed by atoms with Crippen LogP contribution < -0.4 is 9.46 Å². The molecule has 10 heteroatoms. The molecule has 0 aromatic heterocycles. The first kappa shape index (κ1) is 22.9. The fraction of sp³-hybridized carbons (Fsp3) is 0.143. The molecule has 0 amide bonds. The standard InChI is InChI=1S/C21H20ClNO6S2/c1-13-12-19(24)21(30(25,26)17-10-6-16(29-3)7-11-17)14(2)20(13)23-31(27,28)18-8-4-15(22)5-9-18/h4-12,23-24H,1-3H3. The molecule has 0 saturated carbocycles. The Morgan fingerprint density at radius 2 is 1.45 bits per heavy atom. The van der Waals surface area contributed by atoms with Crippen LogP contribution >= 0.6 is 11.6 Å². The molecular weight excluding hydrogens is 462 g/mol. The van der Waals surface area contributed by atoms with Crippen molar-refractivity contribution in [2.45, 2.75) is 28.5 Å². The molecule has 2 N–H and O–H groups in total. The minimum Gasteiger partial charge on any atom is -0.507 e. The molecule has 0 aliphatic rings. The van der Waals surface area contributed by atoms with Gasteiger partial charge in [0.05, 0.1) is 22.6 Å². The van der Waals surface area contributed by atoms with Crippen LogP contribution in [0.5, 0.6) is 11.5 Å². The zero-order valence-corrected chi connectivity index (χ0v) is 19.3. The van der Waals surface area contributed by atoms with Gasteiger partial charge in [-0.05, 0) is 79.6 Å². The summed E-state index contributed by atoms with van der Waals surface area (Å²) in [6, 6.07) is 12.4. The van der Waals surface area contributed by atoms with Crippen molar-refractivity contribution in [2.24, 2.45) is 0 Å². The van der Waals surface area contributed by atoms with Crippen molar-refractivity contribution in [3.05, 3.63) is 70.7 Å². The van der Waals surface area contributed by atoms with Crippen LogP contribution in [0, 0.1) is 13.8 Å². The number of nitrogens with one attached hydrogen (secondary N) is 1. The van der Waals surface area contributed by atoms with Gasteiger partial charge in [-0.25, -0.2) is 16.8 Å². The molecule has 0 unspecified atom stereocenters. The van der Waals surface area contributed by atoms with Crippen molar-refractivity contribution in [3.8, 4) is 11.5 Å². The monoisotopic (exact) mass is 481 g/mol. The first-order valence-corrected chi connectivity index (χ1v) is 12.3. The number of halogens is 1. The summed E-state index contributed by atoms with van der Waals surface area (Å²) in [4.78, 5) is -0.484. The second kappa shape index (κ2) is 8.41. The Kier molecular flexibility index (Phi) is 6.22. The van der Waals surface area contributed by atoms with Gasteiger partial charge in [0.1, 0.15) is 16.4 Å². The molecule has 3 aromatic rings. The summed E-state index contributed by atoms with van der Waals surface area (Å²) in [6.07, 6.45) is 0. The summed E-state index contributed by atoms with van der Waals surface area (Å²) >= 11 is 5.82. The summed E-state index contributed by atoms with van der Waals surface area (Å²) in [6.45, 7) is 3.00. The van der Waals surface area contributed by atoms with Gasteiger partial charge in [0.2, 0.25) is 9.84 Å². The van der Waals surface area contributed by atoms with E-state index in [4.69, 9.17) is 16.3 Å². The van der Waals surface area contributed by atoms with Crippen LogP contribution in [0.25, 0.3) is 0 Å². The van der Waals surface area contributed by atoms with Crippen molar-refractivity contribution < 1.29 is 26.7 Å². The van der Waals surface area contributed by atoms with Gasteiger partial charge in [0.15, 0.2) is 0 Å². The average Bonchev–Trinajstić information content (AvgIpc) is 2.71. The van der Waals surface area contributed by atoms with Crippen LogP contribution in [0.15, 0.2) is 69.3 Å². The zero-order chi connectivity index (χ0) is 23.0. The summed E-state index contributed by atoms with van der Waals surface area (Å²) in [5.74, 6) is 0.000438. The molecule has 0 fully saturated rings. The fourth-order valence-electron chi connectivity index (χ4n) is 3.12. The van der Waals surface area contributed by atoms with Gasteiger partial charge in [0.25, 0.3) is 10.0 Å². The Balaban J connectivity index is 2.12. The number of benzene rings is 3. The lowest BCUT2D eigenvalue weighted by atomic mass is 10.1. The molecule has 0 saturated heterocycles. The fourth-order valence-corrected chi connectivity index (χ4v) is 6.01. The van der Waals surface area contributed by atoms with E-state index < -0.39 is 25.6 Å². The predicted octanol–water partition coefficient (Wildman–Crippen LogP) is 4.30. The van der Waals surface area contributed by atoms with Crippen LogP contribution in [0.3, 0.4) is 0 Å². The molecule has 0 spiro atoms. The molecule has 0 aliphatic heterocycles. The molecule has 0 aliphatic carbocycles. The first-order chi connectivity index (χ1) is 14.5. The van der Waals surface area contributed by atoms with E-state index >= 15 is 0 Å². The van der Waals surface area contributed by atoms with Crippen molar-refractivity contribution in [1.82, 2.24) is 0 Å². The Bertz CT molecular complexity index is 1330. The van der Waals surface area contributed by atoms with Crippen LogP contribution in [0.1, 0.15) is 11.1 Å². The van der Waals surface area contributed by atoms with Crippen molar-refractivity contribution in [1.29, 1.82) is 0 Å². The number of hydrogen-bond donors (Lipinski definition) is 2. The summed E-state index contributed by atoms with van der Waals surface area (Å²) in [7, 11) is -6.72. The van der Waals surface area contributed by atoms with Gasteiger partial charge >= 0.3 is 0 Å². The minimum atomic E-state index is -4.15. The highest BCUT2D eigenvalue weighted by Gasteiger charge is 2.28.